The number of hydrogen-bond acceptors (Lipinski definition) is 7. The van der Waals surface area contributed by atoms with Crippen molar-refractivity contribution < 1.29 is 8.91 Å². The molecule has 124 valence electrons. The van der Waals surface area contributed by atoms with Crippen LogP contribution in [0.15, 0.2) is 53.6 Å². The molecule has 0 radical (unpaired) electrons. The second-order valence-corrected chi connectivity index (χ2v) is 5.47. The van der Waals surface area contributed by atoms with Gasteiger partial charge in [0, 0.05) is 30.4 Å². The Morgan fingerprint density at radius 2 is 2.12 bits per heavy atom. The summed E-state index contributed by atoms with van der Waals surface area (Å²) in [4.78, 5) is 18.6. The minimum Gasteiger partial charge on any atom is -0.350 e. The van der Waals surface area contributed by atoms with Crippen LogP contribution < -0.4 is 4.90 Å². The molecule has 0 fully saturated rings. The van der Waals surface area contributed by atoms with Crippen LogP contribution in [-0.2, 0) is 6.54 Å². The molecule has 0 bridgehead atoms. The van der Waals surface area contributed by atoms with Gasteiger partial charge in [0.2, 0.25) is 11.7 Å². The number of benzene rings is 1. The molecule has 25 heavy (non-hydrogen) atoms. The highest BCUT2D eigenvalue weighted by atomic mass is 19.1. The molecule has 0 N–H and O–H groups in total. The molecule has 0 aliphatic rings. The van der Waals surface area contributed by atoms with Gasteiger partial charge in [0.1, 0.15) is 18.0 Å². The van der Waals surface area contributed by atoms with Gasteiger partial charge >= 0.3 is 0 Å². The van der Waals surface area contributed by atoms with Crippen LogP contribution in [-0.4, -0.2) is 32.1 Å². The summed E-state index contributed by atoms with van der Waals surface area (Å²) in [5.74, 6) is 1.14. The number of halogens is 1. The molecule has 0 aliphatic carbocycles. The highest BCUT2D eigenvalue weighted by Crippen LogP contribution is 2.24. The van der Waals surface area contributed by atoms with Crippen molar-refractivity contribution in [2.24, 2.45) is 0 Å². The molecule has 1 aromatic carbocycles. The van der Waals surface area contributed by atoms with E-state index in [0.29, 0.717) is 35.0 Å². The van der Waals surface area contributed by atoms with Crippen LogP contribution in [0.3, 0.4) is 0 Å². The minimum atomic E-state index is -0.339. The first kappa shape index (κ1) is 15.1. The average Bonchev–Trinajstić information content (AvgIpc) is 3.10. The number of aromatic nitrogens is 5. The van der Waals surface area contributed by atoms with E-state index in [4.69, 9.17) is 4.52 Å². The smallest absolute Gasteiger partial charge is 0.246 e. The van der Waals surface area contributed by atoms with Crippen molar-refractivity contribution >= 4 is 16.7 Å². The summed E-state index contributed by atoms with van der Waals surface area (Å²) >= 11 is 0. The predicted molar refractivity (Wildman–Crippen MR) is 89.1 cm³/mol. The Hall–Kier alpha value is -3.42. The number of fused-ring (bicyclic) bond motifs is 1. The van der Waals surface area contributed by atoms with Gasteiger partial charge in [-0.2, -0.15) is 4.98 Å². The molecule has 0 atom stereocenters. The van der Waals surface area contributed by atoms with E-state index in [1.807, 2.05) is 18.0 Å². The zero-order chi connectivity index (χ0) is 17.2. The molecule has 8 heteroatoms. The van der Waals surface area contributed by atoms with Crippen molar-refractivity contribution in [3.8, 4) is 11.4 Å². The van der Waals surface area contributed by atoms with Gasteiger partial charge in [0.05, 0.1) is 12.1 Å². The van der Waals surface area contributed by atoms with Crippen LogP contribution in [0.1, 0.15) is 5.89 Å². The van der Waals surface area contributed by atoms with Crippen LogP contribution in [0.5, 0.6) is 0 Å². The number of nitrogens with zero attached hydrogens (tertiary/aromatic N) is 6. The Labute approximate surface area is 142 Å². The van der Waals surface area contributed by atoms with Crippen molar-refractivity contribution in [3.05, 3.63) is 60.8 Å². The van der Waals surface area contributed by atoms with E-state index in [-0.39, 0.29) is 5.82 Å². The third-order valence-corrected chi connectivity index (χ3v) is 3.70. The summed E-state index contributed by atoms with van der Waals surface area (Å²) in [5, 5.41) is 4.59. The highest BCUT2D eigenvalue weighted by molar-refractivity contribution is 5.89. The van der Waals surface area contributed by atoms with E-state index in [0.717, 1.165) is 5.56 Å². The molecule has 0 amide bonds. The van der Waals surface area contributed by atoms with E-state index in [1.165, 1.54) is 18.5 Å². The van der Waals surface area contributed by atoms with Gasteiger partial charge in [0.25, 0.3) is 0 Å². The predicted octanol–water partition coefficient (Wildman–Crippen LogP) is 2.85. The minimum absolute atomic E-state index is 0.329. The first-order chi connectivity index (χ1) is 12.2. The van der Waals surface area contributed by atoms with Gasteiger partial charge in [-0.15, -0.1) is 0 Å². The molecule has 7 nitrogen and oxygen atoms in total. The SMILES string of the molecule is CN(Cc1nc(-c2cccnc2)no1)c1ncnc2ccc(F)cc12. The van der Waals surface area contributed by atoms with Crippen LogP contribution >= 0.6 is 0 Å². The molecular weight excluding hydrogens is 323 g/mol. The fraction of sp³-hybridized carbons (Fsp3) is 0.118. The highest BCUT2D eigenvalue weighted by Gasteiger charge is 2.14. The summed E-state index contributed by atoms with van der Waals surface area (Å²) in [6, 6.07) is 8.06. The molecule has 3 aromatic heterocycles. The summed E-state index contributed by atoms with van der Waals surface area (Å²) in [6.07, 6.45) is 4.79. The van der Waals surface area contributed by atoms with Crippen LogP contribution in [0, 0.1) is 5.82 Å². The Kier molecular flexibility index (Phi) is 3.77. The van der Waals surface area contributed by atoms with Crippen molar-refractivity contribution in [2.75, 3.05) is 11.9 Å². The van der Waals surface area contributed by atoms with Crippen LogP contribution in [0.4, 0.5) is 10.2 Å². The molecule has 0 unspecified atom stereocenters. The summed E-state index contributed by atoms with van der Waals surface area (Å²) in [6.45, 7) is 0.329. The zero-order valence-electron chi connectivity index (χ0n) is 13.3. The maximum atomic E-state index is 13.6. The third-order valence-electron chi connectivity index (χ3n) is 3.70. The second kappa shape index (κ2) is 6.23. The Morgan fingerprint density at radius 3 is 2.96 bits per heavy atom. The van der Waals surface area contributed by atoms with Crippen molar-refractivity contribution in [2.45, 2.75) is 6.54 Å². The molecule has 4 rings (SSSR count). The fourth-order valence-electron chi connectivity index (χ4n) is 2.53. The Morgan fingerprint density at radius 1 is 1.20 bits per heavy atom. The Balaban J connectivity index is 1.62. The molecular formula is C17H13FN6O. The third kappa shape index (κ3) is 3.01. The number of hydrogen-bond donors (Lipinski definition) is 0. The maximum absolute atomic E-state index is 13.6. The lowest BCUT2D eigenvalue weighted by molar-refractivity contribution is 0.378. The normalized spacial score (nSPS) is 11.0. The van der Waals surface area contributed by atoms with Gasteiger partial charge in [-0.05, 0) is 30.3 Å². The second-order valence-electron chi connectivity index (χ2n) is 5.47. The lowest BCUT2D eigenvalue weighted by atomic mass is 10.2. The van der Waals surface area contributed by atoms with Crippen LogP contribution in [0.25, 0.3) is 22.3 Å². The molecule has 4 aromatic rings. The summed E-state index contributed by atoms with van der Waals surface area (Å²) < 4.78 is 18.9. The molecule has 0 saturated carbocycles. The zero-order valence-corrected chi connectivity index (χ0v) is 13.3. The molecule has 0 saturated heterocycles. The first-order valence-electron chi connectivity index (χ1n) is 7.55. The van der Waals surface area contributed by atoms with E-state index < -0.39 is 0 Å². The molecule has 0 aliphatic heterocycles. The average molecular weight is 336 g/mol. The van der Waals surface area contributed by atoms with Crippen molar-refractivity contribution in [1.29, 1.82) is 0 Å². The van der Waals surface area contributed by atoms with Gasteiger partial charge < -0.3 is 9.42 Å². The maximum Gasteiger partial charge on any atom is 0.246 e. The van der Waals surface area contributed by atoms with Gasteiger partial charge in [-0.3, -0.25) is 4.98 Å². The van der Waals surface area contributed by atoms with Gasteiger partial charge in [0.15, 0.2) is 0 Å². The fourth-order valence-corrected chi connectivity index (χ4v) is 2.53. The summed E-state index contributed by atoms with van der Waals surface area (Å²) in [7, 11) is 1.82. The Bertz CT molecular complexity index is 1020. The standard InChI is InChI=1S/C17H13FN6O/c1-24(17-13-7-12(18)4-5-14(13)20-10-21-17)9-15-22-16(23-25-15)11-3-2-6-19-8-11/h2-8,10H,9H2,1H3. The van der Waals surface area contributed by atoms with E-state index in [2.05, 4.69) is 25.1 Å². The number of anilines is 1. The monoisotopic (exact) mass is 336 g/mol. The van der Waals surface area contributed by atoms with Crippen molar-refractivity contribution in [1.82, 2.24) is 25.1 Å². The van der Waals surface area contributed by atoms with Crippen molar-refractivity contribution in [3.63, 3.8) is 0 Å². The van der Waals surface area contributed by atoms with E-state index in [1.54, 1.807) is 24.5 Å². The lowest BCUT2D eigenvalue weighted by Gasteiger charge is -2.17. The lowest BCUT2D eigenvalue weighted by Crippen LogP contribution is -2.18. The van der Waals surface area contributed by atoms with Crippen LogP contribution in [0.2, 0.25) is 0 Å². The first-order valence-corrected chi connectivity index (χ1v) is 7.55. The van der Waals surface area contributed by atoms with E-state index in [9.17, 15) is 4.39 Å². The molecule has 3 heterocycles. The van der Waals surface area contributed by atoms with Gasteiger partial charge in [-0.25, -0.2) is 14.4 Å². The topological polar surface area (TPSA) is 80.8 Å². The molecule has 0 spiro atoms. The largest absolute Gasteiger partial charge is 0.350 e. The quantitative estimate of drug-likeness (QED) is 0.567. The summed E-state index contributed by atoms with van der Waals surface area (Å²) in [5.41, 5.74) is 1.44. The van der Waals surface area contributed by atoms with E-state index >= 15 is 0 Å². The number of pyridine rings is 1. The number of rotatable bonds is 4. The van der Waals surface area contributed by atoms with Gasteiger partial charge in [-0.1, -0.05) is 5.16 Å².